The van der Waals surface area contributed by atoms with Gasteiger partial charge in [-0.15, -0.1) is 0 Å². The van der Waals surface area contributed by atoms with Gasteiger partial charge in [0.1, 0.15) is 11.2 Å². The lowest BCUT2D eigenvalue weighted by atomic mass is 9.43. The standard InChI is InChI=1S/C19H22O6/c1-16-9-7-12(24-16)19(15(21)23-3)17-8-5-4-6-11(17)10-13(25-17)18(16,19)14(20)22-2/h7,9-10,12-13H,4-6,8H2,1-3H3/t12-,13-,16+,17+,18-,19-/m1/s1. The molecule has 0 amide bonds. The number of esters is 2. The molecule has 0 radical (unpaired) electrons. The summed E-state index contributed by atoms with van der Waals surface area (Å²) >= 11 is 0. The largest absolute Gasteiger partial charge is 0.468 e. The molecule has 1 aliphatic carbocycles. The van der Waals surface area contributed by atoms with E-state index in [1.54, 1.807) is 0 Å². The van der Waals surface area contributed by atoms with Crippen molar-refractivity contribution in [2.24, 2.45) is 10.8 Å². The molecule has 2 saturated heterocycles. The summed E-state index contributed by atoms with van der Waals surface area (Å²) in [7, 11) is 2.72. The first-order chi connectivity index (χ1) is 11.9. The molecule has 6 heteroatoms. The summed E-state index contributed by atoms with van der Waals surface area (Å²) in [4.78, 5) is 26.6. The van der Waals surface area contributed by atoms with E-state index in [0.717, 1.165) is 24.8 Å². The van der Waals surface area contributed by atoms with Crippen molar-refractivity contribution in [2.45, 2.75) is 56.0 Å². The molecule has 0 aromatic heterocycles. The van der Waals surface area contributed by atoms with Gasteiger partial charge in [0.05, 0.1) is 26.4 Å². The second-order valence-corrected chi connectivity index (χ2v) is 7.87. The van der Waals surface area contributed by atoms with Crippen molar-refractivity contribution in [1.82, 2.24) is 0 Å². The molecule has 5 rings (SSSR count). The van der Waals surface area contributed by atoms with Gasteiger partial charge in [-0.2, -0.15) is 0 Å². The highest BCUT2D eigenvalue weighted by Crippen LogP contribution is 2.79. The third-order valence-electron chi connectivity index (χ3n) is 7.30. The quantitative estimate of drug-likeness (QED) is 0.560. The molecule has 3 fully saturated rings. The lowest BCUT2D eigenvalue weighted by Gasteiger charge is -2.52. The van der Waals surface area contributed by atoms with Gasteiger partial charge in [-0.25, -0.2) is 0 Å². The minimum absolute atomic E-state index is 0.439. The molecule has 0 aromatic rings. The molecule has 4 bridgehead atoms. The highest BCUT2D eigenvalue weighted by molar-refractivity contribution is 5.97. The lowest BCUT2D eigenvalue weighted by molar-refractivity contribution is -0.181. The van der Waals surface area contributed by atoms with Crippen molar-refractivity contribution in [3.05, 3.63) is 23.8 Å². The number of ether oxygens (including phenoxy) is 4. The van der Waals surface area contributed by atoms with Crippen LogP contribution in [-0.4, -0.2) is 49.6 Å². The minimum atomic E-state index is -1.26. The SMILES string of the molecule is COC(=O)[C@@]12[C@H]3C=C[C@](C)(O3)[C@]1(C(=O)OC)[C@H]1C=C3CCCC[C@]32O1. The molecular weight excluding hydrogens is 324 g/mol. The van der Waals surface area contributed by atoms with Gasteiger partial charge < -0.3 is 18.9 Å². The predicted molar refractivity (Wildman–Crippen MR) is 85.5 cm³/mol. The summed E-state index contributed by atoms with van der Waals surface area (Å²) in [6.07, 6.45) is 8.27. The molecule has 1 saturated carbocycles. The van der Waals surface area contributed by atoms with Gasteiger partial charge in [0.25, 0.3) is 0 Å². The van der Waals surface area contributed by atoms with Crippen molar-refractivity contribution in [3.63, 3.8) is 0 Å². The van der Waals surface area contributed by atoms with Crippen LogP contribution in [-0.2, 0) is 28.5 Å². The second-order valence-electron chi connectivity index (χ2n) is 7.87. The molecule has 4 heterocycles. The van der Waals surface area contributed by atoms with E-state index in [2.05, 4.69) is 0 Å². The first kappa shape index (κ1) is 15.6. The first-order valence-corrected chi connectivity index (χ1v) is 8.87. The maximum atomic E-state index is 13.4. The maximum Gasteiger partial charge on any atom is 0.319 e. The van der Waals surface area contributed by atoms with Crippen LogP contribution in [0.5, 0.6) is 0 Å². The Balaban J connectivity index is 1.89. The van der Waals surface area contributed by atoms with Crippen LogP contribution in [0, 0.1) is 10.8 Å². The fourth-order valence-corrected chi connectivity index (χ4v) is 6.58. The summed E-state index contributed by atoms with van der Waals surface area (Å²) in [5.74, 6) is -0.902. The normalized spacial score (nSPS) is 51.1. The van der Waals surface area contributed by atoms with Crippen LogP contribution in [0.15, 0.2) is 23.8 Å². The zero-order valence-electron chi connectivity index (χ0n) is 14.7. The van der Waals surface area contributed by atoms with Gasteiger partial charge >= 0.3 is 11.9 Å². The zero-order valence-corrected chi connectivity index (χ0v) is 14.7. The average molecular weight is 346 g/mol. The van der Waals surface area contributed by atoms with Crippen molar-refractivity contribution in [1.29, 1.82) is 0 Å². The highest BCUT2D eigenvalue weighted by Gasteiger charge is 2.94. The van der Waals surface area contributed by atoms with E-state index in [1.807, 2.05) is 25.2 Å². The number of carbonyl (C=O) groups excluding carboxylic acids is 2. The Hall–Kier alpha value is -1.66. The topological polar surface area (TPSA) is 71.1 Å². The molecular formula is C19H22O6. The van der Waals surface area contributed by atoms with E-state index < -0.39 is 46.2 Å². The predicted octanol–water partition coefficient (Wildman–Crippen LogP) is 1.68. The minimum Gasteiger partial charge on any atom is -0.468 e. The third kappa shape index (κ3) is 1.21. The maximum absolute atomic E-state index is 13.4. The highest BCUT2D eigenvalue weighted by atomic mass is 16.6. The Kier molecular flexibility index (Phi) is 2.71. The Morgan fingerprint density at radius 1 is 1.08 bits per heavy atom. The van der Waals surface area contributed by atoms with E-state index in [9.17, 15) is 9.59 Å². The van der Waals surface area contributed by atoms with Crippen LogP contribution in [0.4, 0.5) is 0 Å². The van der Waals surface area contributed by atoms with Gasteiger partial charge in [-0.3, -0.25) is 9.59 Å². The number of carbonyl (C=O) groups is 2. The Morgan fingerprint density at radius 3 is 2.52 bits per heavy atom. The van der Waals surface area contributed by atoms with Gasteiger partial charge in [-0.05, 0) is 38.2 Å². The zero-order chi connectivity index (χ0) is 17.7. The molecule has 1 spiro atoms. The second kappa shape index (κ2) is 4.35. The van der Waals surface area contributed by atoms with Crippen LogP contribution in [0.1, 0.15) is 32.6 Å². The molecule has 0 unspecified atom stereocenters. The average Bonchev–Trinajstić information content (AvgIpc) is 3.31. The third-order valence-corrected chi connectivity index (χ3v) is 7.30. The van der Waals surface area contributed by atoms with E-state index in [-0.39, 0.29) is 0 Å². The molecule has 6 atom stereocenters. The van der Waals surface area contributed by atoms with Crippen molar-refractivity contribution in [3.8, 4) is 0 Å². The summed E-state index contributed by atoms with van der Waals surface area (Å²) in [6.45, 7) is 1.85. The van der Waals surface area contributed by atoms with E-state index >= 15 is 0 Å². The molecule has 5 aliphatic rings. The summed E-state index contributed by atoms with van der Waals surface area (Å²) < 4.78 is 23.3. The summed E-state index contributed by atoms with van der Waals surface area (Å²) in [6, 6.07) is 0. The fraction of sp³-hybridized carbons (Fsp3) is 0.684. The number of rotatable bonds is 2. The Morgan fingerprint density at radius 2 is 1.80 bits per heavy atom. The number of hydrogen-bond donors (Lipinski definition) is 0. The molecule has 4 aliphatic heterocycles. The monoisotopic (exact) mass is 346 g/mol. The van der Waals surface area contributed by atoms with Gasteiger partial charge in [-0.1, -0.05) is 18.2 Å². The van der Waals surface area contributed by atoms with Gasteiger partial charge in [0, 0.05) is 0 Å². The van der Waals surface area contributed by atoms with Crippen LogP contribution in [0.2, 0.25) is 0 Å². The van der Waals surface area contributed by atoms with E-state index in [0.29, 0.717) is 6.42 Å². The van der Waals surface area contributed by atoms with Crippen LogP contribution >= 0.6 is 0 Å². The molecule has 0 aromatic carbocycles. The number of hydrogen-bond acceptors (Lipinski definition) is 6. The van der Waals surface area contributed by atoms with Crippen LogP contribution in [0.25, 0.3) is 0 Å². The molecule has 6 nitrogen and oxygen atoms in total. The summed E-state index contributed by atoms with van der Waals surface area (Å²) in [5, 5.41) is 0. The van der Waals surface area contributed by atoms with Crippen molar-refractivity contribution >= 4 is 11.9 Å². The summed E-state index contributed by atoms with van der Waals surface area (Å²) in [5.41, 5.74) is -3.19. The van der Waals surface area contributed by atoms with Crippen molar-refractivity contribution in [2.75, 3.05) is 14.2 Å². The molecule has 0 N–H and O–H groups in total. The Bertz CT molecular complexity index is 755. The number of fused-ring (bicyclic) bond motifs is 7. The lowest BCUT2D eigenvalue weighted by Crippen LogP contribution is -2.70. The van der Waals surface area contributed by atoms with Gasteiger partial charge in [0.15, 0.2) is 10.8 Å². The molecule has 25 heavy (non-hydrogen) atoms. The first-order valence-electron chi connectivity index (χ1n) is 8.87. The Labute approximate surface area is 146 Å². The van der Waals surface area contributed by atoms with Gasteiger partial charge in [0.2, 0.25) is 0 Å². The fourth-order valence-electron chi connectivity index (χ4n) is 6.58. The van der Waals surface area contributed by atoms with E-state index in [1.165, 1.54) is 14.2 Å². The smallest absolute Gasteiger partial charge is 0.319 e. The number of methoxy groups -OCH3 is 2. The van der Waals surface area contributed by atoms with Crippen LogP contribution < -0.4 is 0 Å². The molecule has 134 valence electrons. The van der Waals surface area contributed by atoms with Crippen molar-refractivity contribution < 1.29 is 28.5 Å². The van der Waals surface area contributed by atoms with Crippen LogP contribution in [0.3, 0.4) is 0 Å². The van der Waals surface area contributed by atoms with E-state index in [4.69, 9.17) is 18.9 Å².